The molecule has 0 saturated carbocycles. The van der Waals surface area contributed by atoms with E-state index in [1.54, 1.807) is 29.8 Å². The Balaban J connectivity index is 2.48. The SMILES string of the molecule is COC(=O)c1ccc(C=c2sc(=CC(=O)C(C)(C)C)[nH]c2=O)n1C. The second kappa shape index (κ2) is 6.60. The molecule has 0 aliphatic rings. The molecule has 0 aliphatic carbocycles. The second-order valence-electron chi connectivity index (χ2n) is 6.38. The summed E-state index contributed by atoms with van der Waals surface area (Å²) in [7, 11) is 3.03. The number of esters is 1. The molecule has 2 heterocycles. The van der Waals surface area contributed by atoms with E-state index in [1.807, 2.05) is 20.8 Å². The third kappa shape index (κ3) is 3.73. The number of carbonyl (C=O) groups excluding carboxylic acids is 2. The first kappa shape index (κ1) is 17.9. The van der Waals surface area contributed by atoms with Crippen LogP contribution in [0.2, 0.25) is 0 Å². The summed E-state index contributed by atoms with van der Waals surface area (Å²) in [6, 6.07) is 3.37. The Hall–Kier alpha value is -2.41. The molecule has 2 aromatic heterocycles. The number of aromatic nitrogens is 2. The van der Waals surface area contributed by atoms with E-state index in [1.165, 1.54) is 24.5 Å². The molecule has 0 spiro atoms. The van der Waals surface area contributed by atoms with Crippen LogP contribution in [0.3, 0.4) is 0 Å². The number of thiazole rings is 1. The van der Waals surface area contributed by atoms with Gasteiger partial charge in [-0.2, -0.15) is 0 Å². The van der Waals surface area contributed by atoms with Crippen molar-refractivity contribution in [2.75, 3.05) is 7.11 Å². The fourth-order valence-electron chi connectivity index (χ4n) is 1.98. The molecule has 2 aromatic rings. The van der Waals surface area contributed by atoms with Crippen molar-refractivity contribution in [1.82, 2.24) is 9.55 Å². The number of rotatable bonds is 3. The van der Waals surface area contributed by atoms with Crippen LogP contribution in [0.15, 0.2) is 16.9 Å². The number of nitrogens with zero attached hydrogens (tertiary/aromatic N) is 1. The minimum Gasteiger partial charge on any atom is -0.464 e. The van der Waals surface area contributed by atoms with Crippen LogP contribution in [0.1, 0.15) is 37.0 Å². The van der Waals surface area contributed by atoms with E-state index in [0.29, 0.717) is 20.6 Å². The third-order valence-corrected chi connectivity index (χ3v) is 4.48. The van der Waals surface area contributed by atoms with Crippen LogP contribution in [0.4, 0.5) is 0 Å². The number of carbonyl (C=O) groups is 2. The second-order valence-corrected chi connectivity index (χ2v) is 7.47. The summed E-state index contributed by atoms with van der Waals surface area (Å²) in [5.74, 6) is -0.500. The fourth-order valence-corrected chi connectivity index (χ4v) is 2.85. The number of nitrogens with one attached hydrogen (secondary N) is 1. The number of ether oxygens (including phenoxy) is 1. The van der Waals surface area contributed by atoms with Crippen molar-refractivity contribution in [2.24, 2.45) is 12.5 Å². The first-order chi connectivity index (χ1) is 11.1. The van der Waals surface area contributed by atoms with Gasteiger partial charge in [0, 0.05) is 24.2 Å². The number of hydrogen-bond acceptors (Lipinski definition) is 5. The van der Waals surface area contributed by atoms with E-state index in [2.05, 4.69) is 4.98 Å². The zero-order valence-electron chi connectivity index (χ0n) is 14.3. The van der Waals surface area contributed by atoms with Crippen LogP contribution in [0, 0.1) is 5.41 Å². The van der Waals surface area contributed by atoms with Gasteiger partial charge < -0.3 is 14.3 Å². The highest BCUT2D eigenvalue weighted by atomic mass is 32.1. The van der Waals surface area contributed by atoms with Crippen LogP contribution in [-0.2, 0) is 16.6 Å². The molecule has 0 unspecified atom stereocenters. The highest BCUT2D eigenvalue weighted by Gasteiger charge is 2.18. The van der Waals surface area contributed by atoms with Gasteiger partial charge in [-0.15, -0.1) is 11.3 Å². The number of H-pyrrole nitrogens is 1. The lowest BCUT2D eigenvalue weighted by molar-refractivity contribution is -0.119. The summed E-state index contributed by atoms with van der Waals surface area (Å²) in [5, 5.41) is 0. The summed E-state index contributed by atoms with van der Waals surface area (Å²) < 4.78 is 7.32. The lowest BCUT2D eigenvalue weighted by atomic mass is 9.91. The lowest BCUT2D eigenvalue weighted by Crippen LogP contribution is -2.22. The molecule has 0 radical (unpaired) electrons. The zero-order valence-corrected chi connectivity index (χ0v) is 15.1. The van der Waals surface area contributed by atoms with E-state index in [-0.39, 0.29) is 11.3 Å². The smallest absolute Gasteiger partial charge is 0.354 e. The minimum absolute atomic E-state index is 0.0570. The van der Waals surface area contributed by atoms with Gasteiger partial charge in [0.2, 0.25) is 0 Å². The van der Waals surface area contributed by atoms with E-state index in [0.717, 1.165) is 0 Å². The zero-order chi connectivity index (χ0) is 18.1. The molecular formula is C17H20N2O4S. The average molecular weight is 348 g/mol. The van der Waals surface area contributed by atoms with Crippen molar-refractivity contribution in [3.05, 3.63) is 43.1 Å². The van der Waals surface area contributed by atoms with Crippen molar-refractivity contribution >= 4 is 35.2 Å². The third-order valence-electron chi connectivity index (χ3n) is 3.52. The highest BCUT2D eigenvalue weighted by Crippen LogP contribution is 2.14. The average Bonchev–Trinajstić information content (AvgIpc) is 3.02. The quantitative estimate of drug-likeness (QED) is 0.832. The Morgan fingerprint density at radius 1 is 1.29 bits per heavy atom. The monoisotopic (exact) mass is 348 g/mol. The Bertz CT molecular complexity index is 954. The van der Waals surface area contributed by atoms with Crippen molar-refractivity contribution in [2.45, 2.75) is 20.8 Å². The Morgan fingerprint density at radius 3 is 2.54 bits per heavy atom. The predicted octanol–water partition coefficient (Wildman–Crippen LogP) is 0.786. The number of ketones is 1. The van der Waals surface area contributed by atoms with Crippen molar-refractivity contribution in [1.29, 1.82) is 0 Å². The topological polar surface area (TPSA) is 81.2 Å². The Kier molecular flexibility index (Phi) is 4.94. The van der Waals surface area contributed by atoms with Crippen LogP contribution in [-0.4, -0.2) is 28.4 Å². The van der Waals surface area contributed by atoms with Gasteiger partial charge in [-0.05, 0) is 18.2 Å². The van der Waals surface area contributed by atoms with Crippen LogP contribution in [0.5, 0.6) is 0 Å². The van der Waals surface area contributed by atoms with Crippen molar-refractivity contribution < 1.29 is 14.3 Å². The number of aromatic amines is 1. The maximum atomic E-state index is 12.1. The highest BCUT2D eigenvalue weighted by molar-refractivity contribution is 7.07. The molecule has 128 valence electrons. The van der Waals surface area contributed by atoms with Crippen LogP contribution >= 0.6 is 11.3 Å². The van der Waals surface area contributed by atoms with Crippen LogP contribution in [0.25, 0.3) is 12.2 Å². The molecule has 7 heteroatoms. The molecule has 0 atom stereocenters. The summed E-state index contributed by atoms with van der Waals surface area (Å²) in [6.07, 6.45) is 3.13. The number of Topliss-reactive ketones (excluding diaryl/α,β-unsaturated/α-hetero) is 1. The van der Waals surface area contributed by atoms with Crippen LogP contribution < -0.4 is 14.8 Å². The first-order valence-electron chi connectivity index (χ1n) is 7.34. The Labute approximate surface area is 143 Å². The van der Waals surface area contributed by atoms with Gasteiger partial charge in [0.05, 0.1) is 16.3 Å². The molecule has 0 aliphatic heterocycles. The molecule has 2 rings (SSSR count). The molecule has 0 fully saturated rings. The van der Waals surface area contributed by atoms with Gasteiger partial charge in [0.25, 0.3) is 5.56 Å². The summed E-state index contributed by atoms with van der Waals surface area (Å²) in [4.78, 5) is 38.4. The normalized spacial score (nSPS) is 13.4. The number of hydrogen-bond donors (Lipinski definition) is 1. The van der Waals surface area contributed by atoms with Crippen molar-refractivity contribution in [3.8, 4) is 0 Å². The van der Waals surface area contributed by atoms with Gasteiger partial charge in [0.15, 0.2) is 5.78 Å². The standard InChI is InChI=1S/C17H20N2O4S/c1-17(2,3)13(20)9-14-18-15(21)12(24-14)8-10-6-7-11(19(10)4)16(22)23-5/h6-9H,1-5H3,(H,18,21). The van der Waals surface area contributed by atoms with Gasteiger partial charge in [0.1, 0.15) is 5.69 Å². The van der Waals surface area contributed by atoms with E-state index >= 15 is 0 Å². The summed E-state index contributed by atoms with van der Waals surface area (Å²) in [5.41, 5.74) is 0.315. The molecule has 0 amide bonds. The molecule has 1 N–H and O–H groups in total. The maximum Gasteiger partial charge on any atom is 0.354 e. The molecular weight excluding hydrogens is 328 g/mol. The largest absolute Gasteiger partial charge is 0.464 e. The number of methoxy groups -OCH3 is 1. The lowest BCUT2D eigenvalue weighted by Gasteiger charge is -2.12. The molecule has 6 nitrogen and oxygen atoms in total. The summed E-state index contributed by atoms with van der Waals surface area (Å²) in [6.45, 7) is 5.47. The van der Waals surface area contributed by atoms with E-state index < -0.39 is 11.4 Å². The first-order valence-corrected chi connectivity index (χ1v) is 8.16. The fraction of sp³-hybridized carbons (Fsp3) is 0.353. The van der Waals surface area contributed by atoms with Gasteiger partial charge >= 0.3 is 5.97 Å². The van der Waals surface area contributed by atoms with Gasteiger partial charge in [-0.1, -0.05) is 20.8 Å². The van der Waals surface area contributed by atoms with Gasteiger partial charge in [-0.3, -0.25) is 9.59 Å². The molecule has 0 bridgehead atoms. The van der Waals surface area contributed by atoms with E-state index in [4.69, 9.17) is 4.74 Å². The van der Waals surface area contributed by atoms with Gasteiger partial charge in [-0.25, -0.2) is 4.79 Å². The van der Waals surface area contributed by atoms with Crippen molar-refractivity contribution in [3.63, 3.8) is 0 Å². The predicted molar refractivity (Wildman–Crippen MR) is 93.4 cm³/mol. The molecule has 24 heavy (non-hydrogen) atoms. The Morgan fingerprint density at radius 2 is 1.96 bits per heavy atom. The molecule has 0 aromatic carbocycles. The summed E-state index contributed by atoms with van der Waals surface area (Å²) >= 11 is 1.20. The molecule has 0 saturated heterocycles. The van der Waals surface area contributed by atoms with E-state index in [9.17, 15) is 14.4 Å². The minimum atomic E-state index is -0.502. The maximum absolute atomic E-state index is 12.1.